The molecule has 130 valence electrons. The number of amides is 1. The van der Waals surface area contributed by atoms with Gasteiger partial charge in [0.2, 0.25) is 0 Å². The number of halogens is 1. The van der Waals surface area contributed by atoms with Crippen LogP contribution in [-0.4, -0.2) is 12.5 Å². The van der Waals surface area contributed by atoms with Crippen molar-refractivity contribution in [2.24, 2.45) is 5.92 Å². The fourth-order valence-electron chi connectivity index (χ4n) is 3.02. The van der Waals surface area contributed by atoms with E-state index in [-0.39, 0.29) is 5.91 Å². The second-order valence-electron chi connectivity index (χ2n) is 6.79. The summed E-state index contributed by atoms with van der Waals surface area (Å²) >= 11 is 6.40. The number of carbonyl (C=O) groups is 1. The van der Waals surface area contributed by atoms with Gasteiger partial charge in [0.25, 0.3) is 5.91 Å². The Bertz CT molecular complexity index is 915. The molecule has 0 bridgehead atoms. The molecular formula is C23H20ClNO. The standard InChI is InChI=1S/C23H20ClNO/c24-22-13-12-20(23(26)25-15-16-6-7-16)14-21(22)19-10-8-18(9-11-19)17-4-2-1-3-5-17/h1-5,8-14,16H,6-7,15H2,(H,25,26). The highest BCUT2D eigenvalue weighted by molar-refractivity contribution is 6.33. The highest BCUT2D eigenvalue weighted by Gasteiger charge is 2.22. The molecule has 26 heavy (non-hydrogen) atoms. The quantitative estimate of drug-likeness (QED) is 0.610. The monoisotopic (exact) mass is 361 g/mol. The zero-order chi connectivity index (χ0) is 17.9. The summed E-state index contributed by atoms with van der Waals surface area (Å²) in [4.78, 5) is 12.4. The maximum Gasteiger partial charge on any atom is 0.251 e. The normalized spacial score (nSPS) is 13.4. The first-order chi connectivity index (χ1) is 12.7. The molecule has 0 saturated heterocycles. The molecule has 3 aromatic rings. The van der Waals surface area contributed by atoms with Crippen LogP contribution in [0.15, 0.2) is 72.8 Å². The minimum absolute atomic E-state index is 0.0317. The Kier molecular flexibility index (Phi) is 4.77. The number of nitrogens with one attached hydrogen (secondary N) is 1. The van der Waals surface area contributed by atoms with Gasteiger partial charge in [-0.25, -0.2) is 0 Å². The highest BCUT2D eigenvalue weighted by atomic mass is 35.5. The van der Waals surface area contributed by atoms with Gasteiger partial charge in [-0.1, -0.05) is 66.2 Å². The number of carbonyl (C=O) groups excluding carboxylic acids is 1. The summed E-state index contributed by atoms with van der Waals surface area (Å²) in [6.45, 7) is 0.766. The van der Waals surface area contributed by atoms with Crippen LogP contribution in [0.3, 0.4) is 0 Å². The number of hydrogen-bond donors (Lipinski definition) is 1. The van der Waals surface area contributed by atoms with Gasteiger partial charge in [0, 0.05) is 22.7 Å². The maximum absolute atomic E-state index is 12.4. The predicted molar refractivity (Wildman–Crippen MR) is 107 cm³/mol. The summed E-state index contributed by atoms with van der Waals surface area (Å²) in [5.74, 6) is 0.631. The molecule has 0 atom stereocenters. The van der Waals surface area contributed by atoms with E-state index < -0.39 is 0 Å². The molecule has 4 rings (SSSR count). The Balaban J connectivity index is 1.58. The molecule has 0 heterocycles. The molecule has 1 saturated carbocycles. The second kappa shape index (κ2) is 7.35. The van der Waals surface area contributed by atoms with Crippen molar-refractivity contribution in [3.8, 4) is 22.3 Å². The van der Waals surface area contributed by atoms with E-state index in [4.69, 9.17) is 11.6 Å². The van der Waals surface area contributed by atoms with Crippen molar-refractivity contribution in [3.63, 3.8) is 0 Å². The van der Waals surface area contributed by atoms with E-state index >= 15 is 0 Å². The molecular weight excluding hydrogens is 342 g/mol. The maximum atomic E-state index is 12.4. The summed E-state index contributed by atoms with van der Waals surface area (Å²) in [6, 6.07) is 24.0. The van der Waals surface area contributed by atoms with E-state index in [0.29, 0.717) is 16.5 Å². The van der Waals surface area contributed by atoms with Crippen molar-refractivity contribution >= 4 is 17.5 Å². The molecule has 1 fully saturated rings. The van der Waals surface area contributed by atoms with E-state index in [1.54, 1.807) is 12.1 Å². The van der Waals surface area contributed by atoms with Gasteiger partial charge in [-0.15, -0.1) is 0 Å². The van der Waals surface area contributed by atoms with Crippen LogP contribution >= 0.6 is 11.6 Å². The van der Waals surface area contributed by atoms with E-state index in [2.05, 4.69) is 41.7 Å². The topological polar surface area (TPSA) is 29.1 Å². The first-order valence-electron chi connectivity index (χ1n) is 8.94. The lowest BCUT2D eigenvalue weighted by atomic mass is 9.99. The zero-order valence-corrected chi connectivity index (χ0v) is 15.2. The van der Waals surface area contributed by atoms with Gasteiger partial charge in [-0.2, -0.15) is 0 Å². The molecule has 0 unspecified atom stereocenters. The van der Waals surface area contributed by atoms with Gasteiger partial charge in [0.1, 0.15) is 0 Å². The third-order valence-electron chi connectivity index (χ3n) is 4.78. The molecule has 2 nitrogen and oxygen atoms in total. The van der Waals surface area contributed by atoms with Crippen LogP contribution in [-0.2, 0) is 0 Å². The van der Waals surface area contributed by atoms with E-state index in [1.165, 1.54) is 18.4 Å². The zero-order valence-electron chi connectivity index (χ0n) is 14.4. The van der Waals surface area contributed by atoms with Gasteiger partial charge in [0.15, 0.2) is 0 Å². The van der Waals surface area contributed by atoms with E-state index in [9.17, 15) is 4.79 Å². The lowest BCUT2D eigenvalue weighted by Gasteiger charge is -2.10. The van der Waals surface area contributed by atoms with Crippen LogP contribution < -0.4 is 5.32 Å². The predicted octanol–water partition coefficient (Wildman–Crippen LogP) is 5.81. The minimum Gasteiger partial charge on any atom is -0.352 e. The molecule has 1 amide bonds. The molecule has 0 spiro atoms. The highest BCUT2D eigenvalue weighted by Crippen LogP contribution is 2.31. The average Bonchev–Trinajstić information content (AvgIpc) is 3.52. The third kappa shape index (κ3) is 3.81. The Morgan fingerprint density at radius 1 is 0.885 bits per heavy atom. The van der Waals surface area contributed by atoms with Crippen molar-refractivity contribution in [1.82, 2.24) is 5.32 Å². The fourth-order valence-corrected chi connectivity index (χ4v) is 3.25. The van der Waals surface area contributed by atoms with Gasteiger partial charge < -0.3 is 5.32 Å². The molecule has 0 aromatic heterocycles. The van der Waals surface area contributed by atoms with Gasteiger partial charge in [-0.05, 0) is 53.6 Å². The lowest BCUT2D eigenvalue weighted by Crippen LogP contribution is -2.25. The van der Waals surface area contributed by atoms with Crippen LogP contribution in [0.25, 0.3) is 22.3 Å². The van der Waals surface area contributed by atoms with Gasteiger partial charge in [-0.3, -0.25) is 4.79 Å². The fraction of sp³-hybridized carbons (Fsp3) is 0.174. The molecule has 3 aromatic carbocycles. The summed E-state index contributed by atoms with van der Waals surface area (Å²) in [7, 11) is 0. The second-order valence-corrected chi connectivity index (χ2v) is 7.20. The van der Waals surface area contributed by atoms with Crippen molar-refractivity contribution < 1.29 is 4.79 Å². The molecule has 1 aliphatic carbocycles. The minimum atomic E-state index is -0.0317. The van der Waals surface area contributed by atoms with Gasteiger partial charge in [0.05, 0.1) is 0 Å². The molecule has 0 radical (unpaired) electrons. The van der Waals surface area contributed by atoms with Crippen molar-refractivity contribution in [1.29, 1.82) is 0 Å². The van der Waals surface area contributed by atoms with Crippen molar-refractivity contribution in [2.45, 2.75) is 12.8 Å². The van der Waals surface area contributed by atoms with Crippen LogP contribution in [0, 0.1) is 5.92 Å². The Hall–Kier alpha value is -2.58. The molecule has 0 aliphatic heterocycles. The van der Waals surface area contributed by atoms with Crippen molar-refractivity contribution in [3.05, 3.63) is 83.4 Å². The van der Waals surface area contributed by atoms with Crippen molar-refractivity contribution in [2.75, 3.05) is 6.54 Å². The smallest absolute Gasteiger partial charge is 0.251 e. The molecule has 3 heteroatoms. The first kappa shape index (κ1) is 16.9. The summed E-state index contributed by atoms with van der Waals surface area (Å²) in [5, 5.41) is 3.66. The van der Waals surface area contributed by atoms with Crippen LogP contribution in [0.1, 0.15) is 23.2 Å². The molecule has 1 N–H and O–H groups in total. The van der Waals surface area contributed by atoms with Gasteiger partial charge >= 0.3 is 0 Å². The average molecular weight is 362 g/mol. The Morgan fingerprint density at radius 2 is 1.54 bits per heavy atom. The number of rotatable bonds is 5. The largest absolute Gasteiger partial charge is 0.352 e. The SMILES string of the molecule is O=C(NCC1CC1)c1ccc(Cl)c(-c2ccc(-c3ccccc3)cc2)c1. The first-order valence-corrected chi connectivity index (χ1v) is 9.32. The summed E-state index contributed by atoms with van der Waals surface area (Å²) < 4.78 is 0. The number of benzene rings is 3. The summed E-state index contributed by atoms with van der Waals surface area (Å²) in [5.41, 5.74) is 4.87. The summed E-state index contributed by atoms with van der Waals surface area (Å²) in [6.07, 6.45) is 2.44. The van der Waals surface area contributed by atoms with Crippen LogP contribution in [0.2, 0.25) is 5.02 Å². The molecule has 1 aliphatic rings. The Morgan fingerprint density at radius 3 is 2.23 bits per heavy atom. The lowest BCUT2D eigenvalue weighted by molar-refractivity contribution is 0.0952. The van der Waals surface area contributed by atoms with E-state index in [1.807, 2.05) is 24.3 Å². The number of hydrogen-bond acceptors (Lipinski definition) is 1. The third-order valence-corrected chi connectivity index (χ3v) is 5.11. The Labute approximate surface area is 158 Å². The van der Waals surface area contributed by atoms with E-state index in [0.717, 1.165) is 23.2 Å². The van der Waals surface area contributed by atoms with Crippen LogP contribution in [0.4, 0.5) is 0 Å². The van der Waals surface area contributed by atoms with Crippen LogP contribution in [0.5, 0.6) is 0 Å².